The first-order valence-electron chi connectivity index (χ1n) is 10.7. The van der Waals surface area contributed by atoms with E-state index in [1.807, 2.05) is 36.4 Å². The maximum atomic E-state index is 12.0. The zero-order valence-electron chi connectivity index (χ0n) is 18.9. The van der Waals surface area contributed by atoms with Crippen molar-refractivity contribution in [1.29, 1.82) is 0 Å². The molecule has 2 aromatic carbocycles. The van der Waals surface area contributed by atoms with Crippen LogP contribution >= 0.6 is 0 Å². The van der Waals surface area contributed by atoms with Gasteiger partial charge < -0.3 is 9.64 Å². The molecule has 30 heavy (non-hydrogen) atoms. The van der Waals surface area contributed by atoms with Crippen LogP contribution in [0.25, 0.3) is 0 Å². The highest BCUT2D eigenvalue weighted by molar-refractivity contribution is 5.83. The Labute approximate surface area is 181 Å². The van der Waals surface area contributed by atoms with Crippen molar-refractivity contribution in [2.45, 2.75) is 52.9 Å². The molecule has 1 amide bonds. The molecule has 0 aliphatic carbocycles. The van der Waals surface area contributed by atoms with Gasteiger partial charge in [-0.25, -0.2) is 5.43 Å². The Bertz CT molecular complexity index is 800. The fourth-order valence-corrected chi connectivity index (χ4v) is 3.09. The number of nitrogens with zero attached hydrogens (tertiary/aromatic N) is 2. The lowest BCUT2D eigenvalue weighted by atomic mass is 9.87. The third kappa shape index (κ3) is 7.54. The standard InChI is InChI=1S/C25H35N3O2/c1-6-16-28(17-7-2)22-12-8-20(9-13-22)18-26-27-24(29)19-30-23-14-10-21(11-15-23)25(3,4)5/h8-15,18H,6-7,16-17,19H2,1-5H3,(H,27,29)/b26-18-. The second kappa shape index (κ2) is 11.4. The second-order valence-electron chi connectivity index (χ2n) is 8.43. The number of carbonyl (C=O) groups excluding carboxylic acids is 1. The summed E-state index contributed by atoms with van der Waals surface area (Å²) in [6.45, 7) is 12.9. The van der Waals surface area contributed by atoms with Crippen molar-refractivity contribution in [3.63, 3.8) is 0 Å². The van der Waals surface area contributed by atoms with E-state index in [9.17, 15) is 4.79 Å². The Morgan fingerprint density at radius 2 is 1.60 bits per heavy atom. The van der Waals surface area contributed by atoms with E-state index in [-0.39, 0.29) is 17.9 Å². The summed E-state index contributed by atoms with van der Waals surface area (Å²) in [5.74, 6) is 0.376. The predicted octanol–water partition coefficient (Wildman–Crippen LogP) is 5.14. The van der Waals surface area contributed by atoms with Crippen LogP contribution in [-0.2, 0) is 10.2 Å². The normalized spacial score (nSPS) is 11.5. The summed E-state index contributed by atoms with van der Waals surface area (Å²) in [5, 5.41) is 4.03. The van der Waals surface area contributed by atoms with Gasteiger partial charge in [-0.1, -0.05) is 58.9 Å². The smallest absolute Gasteiger partial charge is 0.277 e. The molecule has 0 atom stereocenters. The summed E-state index contributed by atoms with van der Waals surface area (Å²) < 4.78 is 5.53. The number of benzene rings is 2. The van der Waals surface area contributed by atoms with Crippen molar-refractivity contribution >= 4 is 17.8 Å². The lowest BCUT2D eigenvalue weighted by Gasteiger charge is -2.23. The first-order valence-corrected chi connectivity index (χ1v) is 10.7. The van der Waals surface area contributed by atoms with Gasteiger partial charge in [0.15, 0.2) is 6.61 Å². The molecule has 162 valence electrons. The van der Waals surface area contributed by atoms with Crippen LogP contribution in [0.3, 0.4) is 0 Å². The van der Waals surface area contributed by atoms with Gasteiger partial charge in [-0.3, -0.25) is 4.79 Å². The summed E-state index contributed by atoms with van der Waals surface area (Å²) >= 11 is 0. The van der Waals surface area contributed by atoms with Gasteiger partial charge in [-0.05, 0) is 53.6 Å². The van der Waals surface area contributed by atoms with Gasteiger partial charge in [0, 0.05) is 18.8 Å². The van der Waals surface area contributed by atoms with Crippen molar-refractivity contribution < 1.29 is 9.53 Å². The minimum Gasteiger partial charge on any atom is -0.484 e. The van der Waals surface area contributed by atoms with Crippen molar-refractivity contribution in [2.75, 3.05) is 24.6 Å². The Kier molecular flexibility index (Phi) is 8.90. The van der Waals surface area contributed by atoms with Crippen LogP contribution in [0.1, 0.15) is 58.6 Å². The molecule has 1 N–H and O–H groups in total. The Balaban J connectivity index is 1.81. The number of carbonyl (C=O) groups is 1. The van der Waals surface area contributed by atoms with Crippen LogP contribution in [0.15, 0.2) is 53.6 Å². The van der Waals surface area contributed by atoms with Gasteiger partial charge >= 0.3 is 0 Å². The van der Waals surface area contributed by atoms with Crippen LogP contribution in [0, 0.1) is 0 Å². The lowest BCUT2D eigenvalue weighted by Crippen LogP contribution is -2.25. The molecule has 2 aromatic rings. The highest BCUT2D eigenvalue weighted by Gasteiger charge is 2.13. The number of hydrogen-bond acceptors (Lipinski definition) is 4. The van der Waals surface area contributed by atoms with E-state index >= 15 is 0 Å². The maximum absolute atomic E-state index is 12.0. The van der Waals surface area contributed by atoms with Gasteiger partial charge in [0.2, 0.25) is 0 Å². The number of hydrogen-bond donors (Lipinski definition) is 1. The highest BCUT2D eigenvalue weighted by atomic mass is 16.5. The van der Waals surface area contributed by atoms with Gasteiger partial charge in [-0.2, -0.15) is 5.10 Å². The number of anilines is 1. The van der Waals surface area contributed by atoms with Crippen molar-refractivity contribution in [2.24, 2.45) is 5.10 Å². The van der Waals surface area contributed by atoms with Gasteiger partial charge in [-0.15, -0.1) is 0 Å². The molecule has 0 saturated heterocycles. The maximum Gasteiger partial charge on any atom is 0.277 e. The number of nitrogens with one attached hydrogen (secondary N) is 1. The van der Waals surface area contributed by atoms with E-state index in [1.54, 1.807) is 6.21 Å². The molecule has 0 aliphatic heterocycles. The van der Waals surface area contributed by atoms with Gasteiger partial charge in [0.05, 0.1) is 6.21 Å². The molecule has 0 heterocycles. The van der Waals surface area contributed by atoms with Crippen molar-refractivity contribution in [1.82, 2.24) is 5.43 Å². The molecule has 0 bridgehead atoms. The molecule has 0 saturated carbocycles. The van der Waals surface area contributed by atoms with E-state index < -0.39 is 0 Å². The van der Waals surface area contributed by atoms with E-state index in [4.69, 9.17) is 4.74 Å². The fourth-order valence-electron chi connectivity index (χ4n) is 3.09. The van der Waals surface area contributed by atoms with Crippen LogP contribution in [-0.4, -0.2) is 31.8 Å². The van der Waals surface area contributed by atoms with Crippen molar-refractivity contribution in [3.05, 3.63) is 59.7 Å². The first-order chi connectivity index (χ1) is 14.3. The number of ether oxygens (including phenoxy) is 1. The topological polar surface area (TPSA) is 53.9 Å². The largest absolute Gasteiger partial charge is 0.484 e. The lowest BCUT2D eigenvalue weighted by molar-refractivity contribution is -0.123. The number of hydrazone groups is 1. The first kappa shape index (κ1) is 23.5. The molecule has 0 aromatic heterocycles. The molecule has 2 rings (SSSR count). The predicted molar refractivity (Wildman–Crippen MR) is 126 cm³/mol. The Morgan fingerprint density at radius 3 is 2.13 bits per heavy atom. The molecule has 0 aliphatic rings. The molecule has 0 spiro atoms. The molecule has 5 nitrogen and oxygen atoms in total. The molecule has 5 heteroatoms. The van der Waals surface area contributed by atoms with Crippen LogP contribution < -0.4 is 15.1 Å². The van der Waals surface area contributed by atoms with E-state index in [1.165, 1.54) is 11.3 Å². The van der Waals surface area contributed by atoms with E-state index in [2.05, 4.69) is 62.2 Å². The van der Waals surface area contributed by atoms with Gasteiger partial charge in [0.1, 0.15) is 5.75 Å². The zero-order chi connectivity index (χ0) is 22.0. The zero-order valence-corrected chi connectivity index (χ0v) is 18.9. The molecular formula is C25H35N3O2. The molecule has 0 fully saturated rings. The molecule has 0 unspecified atom stereocenters. The second-order valence-corrected chi connectivity index (χ2v) is 8.43. The number of rotatable bonds is 10. The van der Waals surface area contributed by atoms with Crippen LogP contribution in [0.5, 0.6) is 5.75 Å². The average molecular weight is 410 g/mol. The van der Waals surface area contributed by atoms with Crippen LogP contribution in [0.4, 0.5) is 5.69 Å². The quantitative estimate of drug-likeness (QED) is 0.437. The van der Waals surface area contributed by atoms with E-state index in [0.29, 0.717) is 5.75 Å². The SMILES string of the molecule is CCCN(CCC)c1ccc(/C=N\NC(=O)COc2ccc(C(C)(C)C)cc2)cc1. The average Bonchev–Trinajstić information content (AvgIpc) is 2.72. The summed E-state index contributed by atoms with van der Waals surface area (Å²) in [6, 6.07) is 16.0. The third-order valence-corrected chi connectivity index (χ3v) is 4.74. The van der Waals surface area contributed by atoms with Gasteiger partial charge in [0.25, 0.3) is 5.91 Å². The van der Waals surface area contributed by atoms with Crippen LogP contribution in [0.2, 0.25) is 0 Å². The summed E-state index contributed by atoms with van der Waals surface area (Å²) in [5.41, 5.74) is 5.97. The van der Waals surface area contributed by atoms with Crippen molar-refractivity contribution in [3.8, 4) is 5.75 Å². The molecule has 0 radical (unpaired) electrons. The summed E-state index contributed by atoms with van der Waals surface area (Å²) in [6.07, 6.45) is 3.89. The Morgan fingerprint density at radius 1 is 1.00 bits per heavy atom. The summed E-state index contributed by atoms with van der Waals surface area (Å²) in [4.78, 5) is 14.3. The molecular weight excluding hydrogens is 374 g/mol. The highest BCUT2D eigenvalue weighted by Crippen LogP contribution is 2.24. The minimum atomic E-state index is -0.292. The minimum absolute atomic E-state index is 0.0753. The third-order valence-electron chi connectivity index (χ3n) is 4.74. The number of amides is 1. The summed E-state index contributed by atoms with van der Waals surface area (Å²) in [7, 11) is 0. The fraction of sp³-hybridized carbons (Fsp3) is 0.440. The monoisotopic (exact) mass is 409 g/mol. The van der Waals surface area contributed by atoms with E-state index in [0.717, 1.165) is 31.5 Å². The Hall–Kier alpha value is -2.82.